The van der Waals surface area contributed by atoms with Gasteiger partial charge in [-0.25, -0.2) is 22.3 Å². The SMILES string of the molecule is CC(C)(NC(=O)CCNS(=O)(=O)c1ccc(F)cc1)C(=O)O. The van der Waals surface area contributed by atoms with Gasteiger partial charge in [-0.2, -0.15) is 0 Å². The standard InChI is InChI=1S/C13H17FN2O5S/c1-13(2,12(18)19)16-11(17)7-8-15-22(20,21)10-5-3-9(14)4-6-10/h3-6,15H,7-8H2,1-2H3,(H,16,17)(H,18,19). The molecule has 0 heterocycles. The highest BCUT2D eigenvalue weighted by Gasteiger charge is 2.28. The van der Waals surface area contributed by atoms with Crippen LogP contribution in [-0.4, -0.2) is 37.5 Å². The highest BCUT2D eigenvalue weighted by Crippen LogP contribution is 2.09. The van der Waals surface area contributed by atoms with Crippen LogP contribution in [0.4, 0.5) is 4.39 Å². The summed E-state index contributed by atoms with van der Waals surface area (Å²) < 4.78 is 38.6. The van der Waals surface area contributed by atoms with Crippen LogP contribution >= 0.6 is 0 Å². The lowest BCUT2D eigenvalue weighted by atomic mass is 10.1. The van der Waals surface area contributed by atoms with Gasteiger partial charge in [-0.15, -0.1) is 0 Å². The van der Waals surface area contributed by atoms with E-state index in [0.717, 1.165) is 24.3 Å². The van der Waals surface area contributed by atoms with Gasteiger partial charge in [0, 0.05) is 13.0 Å². The second kappa shape index (κ2) is 6.84. The molecule has 0 atom stereocenters. The maximum Gasteiger partial charge on any atom is 0.328 e. The van der Waals surface area contributed by atoms with Crippen LogP contribution in [0.3, 0.4) is 0 Å². The van der Waals surface area contributed by atoms with Crippen LogP contribution < -0.4 is 10.0 Å². The van der Waals surface area contributed by atoms with Gasteiger partial charge in [-0.3, -0.25) is 4.79 Å². The molecule has 0 saturated carbocycles. The summed E-state index contributed by atoms with van der Waals surface area (Å²) in [6, 6.07) is 4.23. The Morgan fingerprint density at radius 2 is 1.77 bits per heavy atom. The molecular weight excluding hydrogens is 315 g/mol. The van der Waals surface area contributed by atoms with Crippen LogP contribution in [0.25, 0.3) is 0 Å². The fraction of sp³-hybridized carbons (Fsp3) is 0.385. The second-order valence-corrected chi connectivity index (χ2v) is 6.85. The van der Waals surface area contributed by atoms with E-state index in [1.807, 2.05) is 0 Å². The van der Waals surface area contributed by atoms with E-state index in [2.05, 4.69) is 10.0 Å². The van der Waals surface area contributed by atoms with Crippen LogP contribution in [0.1, 0.15) is 20.3 Å². The molecule has 9 heteroatoms. The number of sulfonamides is 1. The molecule has 0 aliphatic carbocycles. The van der Waals surface area contributed by atoms with E-state index < -0.39 is 33.3 Å². The quantitative estimate of drug-likeness (QED) is 0.672. The van der Waals surface area contributed by atoms with Crippen LogP contribution in [-0.2, 0) is 19.6 Å². The molecule has 1 rings (SSSR count). The summed E-state index contributed by atoms with van der Waals surface area (Å²) in [7, 11) is -3.85. The minimum Gasteiger partial charge on any atom is -0.480 e. The zero-order chi connectivity index (χ0) is 17.0. The van der Waals surface area contributed by atoms with Crippen molar-refractivity contribution in [1.29, 1.82) is 0 Å². The van der Waals surface area contributed by atoms with Crippen molar-refractivity contribution >= 4 is 21.9 Å². The van der Waals surface area contributed by atoms with Crippen LogP contribution in [0.15, 0.2) is 29.2 Å². The Kier molecular flexibility index (Phi) is 5.61. The third-order valence-electron chi connectivity index (χ3n) is 2.75. The predicted octanol–water partition coefficient (Wildman–Crippen LogP) is 0.473. The molecule has 1 amide bonds. The van der Waals surface area contributed by atoms with Gasteiger partial charge in [0.25, 0.3) is 0 Å². The molecule has 0 spiro atoms. The highest BCUT2D eigenvalue weighted by molar-refractivity contribution is 7.89. The van der Waals surface area contributed by atoms with Crippen molar-refractivity contribution in [3.8, 4) is 0 Å². The van der Waals surface area contributed by atoms with Gasteiger partial charge in [0.2, 0.25) is 15.9 Å². The van der Waals surface area contributed by atoms with E-state index in [9.17, 15) is 22.4 Å². The number of halogens is 1. The molecular formula is C13H17FN2O5S. The number of hydrogen-bond acceptors (Lipinski definition) is 4. The molecule has 0 aliphatic heterocycles. The summed E-state index contributed by atoms with van der Waals surface area (Å²) in [5, 5.41) is 11.1. The van der Waals surface area contributed by atoms with E-state index >= 15 is 0 Å². The molecule has 0 saturated heterocycles. The maximum absolute atomic E-state index is 12.7. The van der Waals surface area contributed by atoms with Crippen LogP contribution in [0, 0.1) is 5.82 Å². The molecule has 1 aromatic carbocycles. The molecule has 122 valence electrons. The number of nitrogens with one attached hydrogen (secondary N) is 2. The van der Waals surface area contributed by atoms with E-state index in [0.29, 0.717) is 0 Å². The largest absolute Gasteiger partial charge is 0.480 e. The number of carbonyl (C=O) groups excluding carboxylic acids is 1. The molecule has 0 aliphatic rings. The molecule has 0 unspecified atom stereocenters. The number of carboxylic acid groups (broad SMARTS) is 1. The van der Waals surface area contributed by atoms with Gasteiger partial charge in [-0.05, 0) is 38.1 Å². The summed E-state index contributed by atoms with van der Waals surface area (Å²) in [5.41, 5.74) is -1.44. The molecule has 0 radical (unpaired) electrons. The molecule has 0 aromatic heterocycles. The van der Waals surface area contributed by atoms with Gasteiger partial charge < -0.3 is 10.4 Å². The Balaban J connectivity index is 2.55. The zero-order valence-corrected chi connectivity index (χ0v) is 12.9. The van der Waals surface area contributed by atoms with Crippen molar-refractivity contribution in [3.63, 3.8) is 0 Å². The van der Waals surface area contributed by atoms with Crippen molar-refractivity contribution in [3.05, 3.63) is 30.1 Å². The van der Waals surface area contributed by atoms with Crippen molar-refractivity contribution in [2.24, 2.45) is 0 Å². The van der Waals surface area contributed by atoms with Gasteiger partial charge >= 0.3 is 5.97 Å². The van der Waals surface area contributed by atoms with Crippen molar-refractivity contribution < 1.29 is 27.5 Å². The topological polar surface area (TPSA) is 113 Å². The first-order chi connectivity index (χ1) is 10.0. The van der Waals surface area contributed by atoms with Gasteiger partial charge in [-0.1, -0.05) is 0 Å². The number of benzene rings is 1. The number of carbonyl (C=O) groups is 2. The lowest BCUT2D eigenvalue weighted by molar-refractivity contribution is -0.146. The number of aliphatic carboxylic acids is 1. The average molecular weight is 332 g/mol. The summed E-state index contributed by atoms with van der Waals surface area (Å²) in [4.78, 5) is 22.3. The zero-order valence-electron chi connectivity index (χ0n) is 12.1. The first kappa shape index (κ1) is 18.1. The first-order valence-electron chi connectivity index (χ1n) is 6.34. The van der Waals surface area contributed by atoms with Gasteiger partial charge in [0.15, 0.2) is 0 Å². The molecule has 0 fully saturated rings. The summed E-state index contributed by atoms with van der Waals surface area (Å²) in [6.45, 7) is 2.42. The van der Waals surface area contributed by atoms with Gasteiger partial charge in [0.05, 0.1) is 4.90 Å². The lowest BCUT2D eigenvalue weighted by Gasteiger charge is -2.20. The van der Waals surface area contributed by atoms with E-state index in [1.165, 1.54) is 13.8 Å². The first-order valence-corrected chi connectivity index (χ1v) is 7.82. The smallest absolute Gasteiger partial charge is 0.328 e. The van der Waals surface area contributed by atoms with Crippen LogP contribution in [0.2, 0.25) is 0 Å². The number of hydrogen-bond donors (Lipinski definition) is 3. The van der Waals surface area contributed by atoms with Crippen molar-refractivity contribution in [2.75, 3.05) is 6.54 Å². The monoisotopic (exact) mass is 332 g/mol. The number of rotatable bonds is 7. The maximum atomic E-state index is 12.7. The molecule has 1 aromatic rings. The normalized spacial score (nSPS) is 12.0. The highest BCUT2D eigenvalue weighted by atomic mass is 32.2. The average Bonchev–Trinajstić information content (AvgIpc) is 2.38. The van der Waals surface area contributed by atoms with Crippen LogP contribution in [0.5, 0.6) is 0 Å². The van der Waals surface area contributed by atoms with Crippen molar-refractivity contribution in [1.82, 2.24) is 10.0 Å². The molecule has 22 heavy (non-hydrogen) atoms. The molecule has 7 nitrogen and oxygen atoms in total. The third kappa shape index (κ3) is 5.08. The fourth-order valence-electron chi connectivity index (χ4n) is 1.46. The van der Waals surface area contributed by atoms with E-state index in [1.54, 1.807) is 0 Å². The third-order valence-corrected chi connectivity index (χ3v) is 4.23. The van der Waals surface area contributed by atoms with Gasteiger partial charge in [0.1, 0.15) is 11.4 Å². The Morgan fingerprint density at radius 1 is 1.23 bits per heavy atom. The van der Waals surface area contributed by atoms with E-state index in [-0.39, 0.29) is 17.9 Å². The Bertz CT molecular complexity index is 656. The minimum absolute atomic E-state index is 0.125. The summed E-state index contributed by atoms with van der Waals surface area (Å²) in [5.74, 6) is -2.36. The van der Waals surface area contributed by atoms with Crippen molar-refractivity contribution in [2.45, 2.75) is 30.7 Å². The summed E-state index contributed by atoms with van der Waals surface area (Å²) >= 11 is 0. The Hall–Kier alpha value is -2.00. The Labute approximate surface area is 127 Å². The summed E-state index contributed by atoms with van der Waals surface area (Å²) in [6.07, 6.45) is -0.225. The Morgan fingerprint density at radius 3 is 2.27 bits per heavy atom. The lowest BCUT2D eigenvalue weighted by Crippen LogP contribution is -2.50. The predicted molar refractivity (Wildman–Crippen MR) is 76.1 cm³/mol. The molecule has 0 bridgehead atoms. The second-order valence-electron chi connectivity index (χ2n) is 5.08. The van der Waals surface area contributed by atoms with E-state index in [4.69, 9.17) is 5.11 Å². The number of amides is 1. The molecule has 3 N–H and O–H groups in total. The fourth-order valence-corrected chi connectivity index (χ4v) is 2.49. The minimum atomic E-state index is -3.85. The number of carboxylic acids is 1.